The Labute approximate surface area is 72.7 Å². The van der Waals surface area contributed by atoms with E-state index in [4.69, 9.17) is 5.73 Å². The molecule has 72 valence electrons. The number of nitrogens with two attached hydrogens (primary N) is 1. The van der Waals surface area contributed by atoms with Crippen molar-refractivity contribution in [3.05, 3.63) is 0 Å². The van der Waals surface area contributed by atoms with Gasteiger partial charge in [0.15, 0.2) is 0 Å². The fourth-order valence-electron chi connectivity index (χ4n) is 0.954. The van der Waals surface area contributed by atoms with Gasteiger partial charge in [0.2, 0.25) is 0 Å². The molecule has 0 aliphatic heterocycles. The van der Waals surface area contributed by atoms with Crippen molar-refractivity contribution < 1.29 is 14.6 Å². The second kappa shape index (κ2) is 7.06. The summed E-state index contributed by atoms with van der Waals surface area (Å²) in [4.78, 5) is 9.76. The lowest BCUT2D eigenvalue weighted by atomic mass is 10.1. The summed E-state index contributed by atoms with van der Waals surface area (Å²) < 4.78 is 4.46. The van der Waals surface area contributed by atoms with Gasteiger partial charge in [-0.1, -0.05) is 13.3 Å². The van der Waals surface area contributed by atoms with Crippen LogP contribution in [0.1, 0.15) is 26.2 Å². The fraction of sp³-hybridized carbons (Fsp3) is 0.875. The van der Waals surface area contributed by atoms with Gasteiger partial charge in [-0.15, -0.1) is 0 Å². The Morgan fingerprint density at radius 1 is 1.58 bits per heavy atom. The predicted octanol–water partition coefficient (Wildman–Crippen LogP) is 0.0378. The van der Waals surface area contributed by atoms with Crippen molar-refractivity contribution in [3.63, 3.8) is 0 Å². The lowest BCUT2D eigenvalue weighted by Crippen LogP contribution is -2.35. The average Bonchev–Trinajstić information content (AvgIpc) is 2.05. The molecule has 0 aromatic carbocycles. The Morgan fingerprint density at radius 2 is 2.25 bits per heavy atom. The van der Waals surface area contributed by atoms with Crippen LogP contribution in [0.25, 0.3) is 0 Å². The van der Waals surface area contributed by atoms with Crippen molar-refractivity contribution in [2.24, 2.45) is 5.73 Å². The van der Waals surface area contributed by atoms with E-state index in [1.807, 2.05) is 6.92 Å². The zero-order valence-electron chi connectivity index (χ0n) is 7.40. The summed E-state index contributed by atoms with van der Waals surface area (Å²) in [5.74, 6) is 0. The Hall–Kier alpha value is -0.610. The van der Waals surface area contributed by atoms with Gasteiger partial charge >= 0.3 is 0 Å². The number of carbonyl (C=O) groups is 1. The molecule has 0 saturated carbocycles. The highest BCUT2D eigenvalue weighted by molar-refractivity contribution is 5.36. The highest BCUT2D eigenvalue weighted by Crippen LogP contribution is 2.03. The van der Waals surface area contributed by atoms with Crippen LogP contribution in [0.3, 0.4) is 0 Å². The van der Waals surface area contributed by atoms with Gasteiger partial charge in [-0.2, -0.15) is 0 Å². The van der Waals surface area contributed by atoms with E-state index in [1.165, 1.54) is 0 Å². The van der Waals surface area contributed by atoms with E-state index in [0.29, 0.717) is 19.3 Å². The molecular formula is C8H17NO3. The molecule has 0 rings (SSSR count). The van der Waals surface area contributed by atoms with E-state index < -0.39 is 6.10 Å². The topological polar surface area (TPSA) is 72.6 Å². The highest BCUT2D eigenvalue weighted by atomic mass is 16.5. The molecule has 0 fully saturated rings. The quantitative estimate of drug-likeness (QED) is 0.423. The van der Waals surface area contributed by atoms with Gasteiger partial charge in [0.25, 0.3) is 6.47 Å². The van der Waals surface area contributed by atoms with Gasteiger partial charge < -0.3 is 15.6 Å². The molecular weight excluding hydrogens is 158 g/mol. The van der Waals surface area contributed by atoms with Crippen molar-refractivity contribution >= 4 is 6.47 Å². The largest absolute Gasteiger partial charge is 0.468 e. The number of hydrogen-bond donors (Lipinski definition) is 2. The van der Waals surface area contributed by atoms with Crippen LogP contribution in [0.5, 0.6) is 0 Å². The van der Waals surface area contributed by atoms with Gasteiger partial charge in [0, 0.05) is 6.04 Å². The van der Waals surface area contributed by atoms with Crippen LogP contribution in [-0.2, 0) is 9.53 Å². The number of aliphatic hydroxyl groups excluding tert-OH is 1. The molecule has 4 heteroatoms. The molecule has 0 aliphatic rings. The molecule has 2 unspecified atom stereocenters. The molecule has 0 heterocycles. The monoisotopic (exact) mass is 175 g/mol. The van der Waals surface area contributed by atoms with E-state index >= 15 is 0 Å². The van der Waals surface area contributed by atoms with Crippen LogP contribution < -0.4 is 5.73 Å². The molecule has 0 saturated heterocycles. The van der Waals surface area contributed by atoms with Crippen molar-refractivity contribution in [3.8, 4) is 0 Å². The maximum atomic E-state index is 9.76. The molecule has 0 bridgehead atoms. The van der Waals surface area contributed by atoms with Crippen LogP contribution in [0.4, 0.5) is 0 Å². The Balaban J connectivity index is 3.41. The fourth-order valence-corrected chi connectivity index (χ4v) is 0.954. The SMILES string of the molecule is CCCC(O)C(N)CCOC=O. The first-order chi connectivity index (χ1) is 5.72. The van der Waals surface area contributed by atoms with Gasteiger partial charge in [-0.25, -0.2) is 0 Å². The Kier molecular flexibility index (Phi) is 6.70. The van der Waals surface area contributed by atoms with E-state index in [-0.39, 0.29) is 12.6 Å². The van der Waals surface area contributed by atoms with Crippen LogP contribution in [-0.4, -0.2) is 30.3 Å². The number of rotatable bonds is 7. The minimum Gasteiger partial charge on any atom is -0.468 e. The smallest absolute Gasteiger partial charge is 0.293 e. The second-order valence-electron chi connectivity index (χ2n) is 2.78. The zero-order valence-corrected chi connectivity index (χ0v) is 7.40. The highest BCUT2D eigenvalue weighted by Gasteiger charge is 2.12. The zero-order chi connectivity index (χ0) is 9.40. The van der Waals surface area contributed by atoms with Gasteiger partial charge in [0.1, 0.15) is 0 Å². The van der Waals surface area contributed by atoms with Gasteiger partial charge in [-0.3, -0.25) is 4.79 Å². The van der Waals surface area contributed by atoms with Crippen molar-refractivity contribution in [2.75, 3.05) is 6.61 Å². The standard InChI is InChI=1S/C8H17NO3/c1-2-3-8(11)7(9)4-5-12-6-10/h6-8,11H,2-5,9H2,1H3. The van der Waals surface area contributed by atoms with Gasteiger partial charge in [-0.05, 0) is 12.8 Å². The summed E-state index contributed by atoms with van der Waals surface area (Å²) in [5, 5.41) is 9.35. The van der Waals surface area contributed by atoms with Crippen LogP contribution in [0.15, 0.2) is 0 Å². The minimum absolute atomic E-state index is 0.283. The maximum absolute atomic E-state index is 9.76. The maximum Gasteiger partial charge on any atom is 0.293 e. The van der Waals surface area contributed by atoms with E-state index in [2.05, 4.69) is 4.74 Å². The third-order valence-electron chi connectivity index (χ3n) is 1.72. The summed E-state index contributed by atoms with van der Waals surface area (Å²) in [6.07, 6.45) is 1.64. The Bertz CT molecular complexity index is 119. The van der Waals surface area contributed by atoms with Crippen LogP contribution in [0, 0.1) is 0 Å². The van der Waals surface area contributed by atoms with E-state index in [1.54, 1.807) is 0 Å². The summed E-state index contributed by atoms with van der Waals surface area (Å²) in [6.45, 7) is 2.65. The lowest BCUT2D eigenvalue weighted by molar-refractivity contribution is -0.129. The molecule has 12 heavy (non-hydrogen) atoms. The summed E-state index contributed by atoms with van der Waals surface area (Å²) in [7, 11) is 0. The number of ether oxygens (including phenoxy) is 1. The first-order valence-corrected chi connectivity index (χ1v) is 4.21. The number of aliphatic hydroxyl groups is 1. The summed E-state index contributed by atoms with van der Waals surface area (Å²) in [6, 6.07) is -0.287. The molecule has 4 nitrogen and oxygen atoms in total. The molecule has 2 atom stereocenters. The van der Waals surface area contributed by atoms with E-state index in [0.717, 1.165) is 6.42 Å². The average molecular weight is 175 g/mol. The minimum atomic E-state index is -0.481. The van der Waals surface area contributed by atoms with Crippen LogP contribution in [0.2, 0.25) is 0 Å². The van der Waals surface area contributed by atoms with Crippen molar-refractivity contribution in [2.45, 2.75) is 38.3 Å². The third-order valence-corrected chi connectivity index (χ3v) is 1.72. The van der Waals surface area contributed by atoms with Crippen LogP contribution >= 0.6 is 0 Å². The molecule has 3 N–H and O–H groups in total. The molecule has 0 spiro atoms. The Morgan fingerprint density at radius 3 is 2.75 bits per heavy atom. The molecule has 0 aromatic rings. The van der Waals surface area contributed by atoms with Crippen molar-refractivity contribution in [1.29, 1.82) is 0 Å². The normalized spacial score (nSPS) is 15.2. The molecule has 0 aliphatic carbocycles. The summed E-state index contributed by atoms with van der Waals surface area (Å²) in [5.41, 5.74) is 5.60. The molecule has 0 amide bonds. The van der Waals surface area contributed by atoms with E-state index in [9.17, 15) is 9.90 Å². The number of hydrogen-bond acceptors (Lipinski definition) is 4. The summed E-state index contributed by atoms with van der Waals surface area (Å²) >= 11 is 0. The molecule has 0 aromatic heterocycles. The predicted molar refractivity (Wildman–Crippen MR) is 45.5 cm³/mol. The second-order valence-corrected chi connectivity index (χ2v) is 2.78. The lowest BCUT2D eigenvalue weighted by Gasteiger charge is -2.17. The first-order valence-electron chi connectivity index (χ1n) is 4.21. The van der Waals surface area contributed by atoms with Gasteiger partial charge in [0.05, 0.1) is 12.7 Å². The van der Waals surface area contributed by atoms with Crippen molar-refractivity contribution in [1.82, 2.24) is 0 Å². The number of carbonyl (C=O) groups excluding carboxylic acids is 1. The first kappa shape index (κ1) is 11.4. The molecule has 0 radical (unpaired) electrons. The third kappa shape index (κ3) is 5.09.